The third kappa shape index (κ3) is 5.57. The fourth-order valence-corrected chi connectivity index (χ4v) is 2.50. The van der Waals surface area contributed by atoms with Gasteiger partial charge in [-0.2, -0.15) is 0 Å². The van der Waals surface area contributed by atoms with E-state index in [1.54, 1.807) is 0 Å². The average Bonchev–Trinajstić information content (AvgIpc) is 2.91. The van der Waals surface area contributed by atoms with Crippen molar-refractivity contribution in [2.75, 3.05) is 6.54 Å². The van der Waals surface area contributed by atoms with Gasteiger partial charge in [0.2, 0.25) is 0 Å². The molecule has 1 atom stereocenters. The van der Waals surface area contributed by atoms with E-state index in [2.05, 4.69) is 53.7 Å². The molecule has 0 aliphatic heterocycles. The summed E-state index contributed by atoms with van der Waals surface area (Å²) in [4.78, 5) is 15.2. The second-order valence-corrected chi connectivity index (χ2v) is 7.53. The van der Waals surface area contributed by atoms with Crippen molar-refractivity contribution in [3.8, 4) is 0 Å². The van der Waals surface area contributed by atoms with Crippen LogP contribution >= 0.6 is 0 Å². The number of carbonyl (C=O) groups excluding carboxylic acids is 1. The Labute approximate surface area is 144 Å². The molecule has 132 valence electrons. The molecule has 0 radical (unpaired) electrons. The summed E-state index contributed by atoms with van der Waals surface area (Å²) in [5, 5.41) is 7.59. The lowest BCUT2D eigenvalue weighted by atomic mass is 10.0. The predicted octanol–water partition coefficient (Wildman–Crippen LogP) is 3.81. The maximum atomic E-state index is 12.0. The number of fused-ring (bicyclic) bond motifs is 1. The normalized spacial score (nSPS) is 13.2. The molecule has 24 heavy (non-hydrogen) atoms. The third-order valence-corrected chi connectivity index (χ3v) is 3.82. The highest BCUT2D eigenvalue weighted by molar-refractivity contribution is 5.79. The first-order valence-electron chi connectivity index (χ1n) is 8.51. The zero-order valence-corrected chi connectivity index (χ0v) is 15.3. The van der Waals surface area contributed by atoms with E-state index in [1.807, 2.05) is 27.0 Å². The topological polar surface area (TPSA) is 66.2 Å². The van der Waals surface area contributed by atoms with Gasteiger partial charge in [-0.05, 0) is 55.8 Å². The predicted molar refractivity (Wildman–Crippen MR) is 98.0 cm³/mol. The standard InChI is InChI=1S/C19H29N3O2/c1-13(2)17(22-18(23)24-19(3,4)5)12-20-11-14-6-7-16-15(10-14)8-9-21-16/h6-10,13,17,20-21H,11-12H2,1-5H3,(H,22,23). The van der Waals surface area contributed by atoms with E-state index in [1.165, 1.54) is 10.9 Å². The summed E-state index contributed by atoms with van der Waals surface area (Å²) in [6.07, 6.45) is 1.58. The van der Waals surface area contributed by atoms with Crippen LogP contribution in [-0.2, 0) is 11.3 Å². The largest absolute Gasteiger partial charge is 0.444 e. The number of benzene rings is 1. The fraction of sp³-hybridized carbons (Fsp3) is 0.526. The number of aromatic nitrogens is 1. The SMILES string of the molecule is CC(C)C(CNCc1ccc2[nH]ccc2c1)NC(=O)OC(C)(C)C. The highest BCUT2D eigenvalue weighted by atomic mass is 16.6. The summed E-state index contributed by atoms with van der Waals surface area (Å²) in [6, 6.07) is 8.46. The quantitative estimate of drug-likeness (QED) is 0.754. The minimum atomic E-state index is -0.481. The monoisotopic (exact) mass is 331 g/mol. The summed E-state index contributed by atoms with van der Waals surface area (Å²) in [7, 11) is 0. The number of hydrogen-bond acceptors (Lipinski definition) is 3. The number of aromatic amines is 1. The van der Waals surface area contributed by atoms with Gasteiger partial charge >= 0.3 is 6.09 Å². The van der Waals surface area contributed by atoms with Crippen molar-refractivity contribution < 1.29 is 9.53 Å². The van der Waals surface area contributed by atoms with Crippen LogP contribution < -0.4 is 10.6 Å². The number of H-pyrrole nitrogens is 1. The van der Waals surface area contributed by atoms with Gasteiger partial charge in [0, 0.05) is 30.8 Å². The van der Waals surface area contributed by atoms with Crippen molar-refractivity contribution in [3.63, 3.8) is 0 Å². The Balaban J connectivity index is 1.85. The van der Waals surface area contributed by atoms with Crippen LogP contribution in [0.4, 0.5) is 4.79 Å². The van der Waals surface area contributed by atoms with Gasteiger partial charge in [0.25, 0.3) is 0 Å². The molecular weight excluding hydrogens is 302 g/mol. The fourth-order valence-electron chi connectivity index (χ4n) is 2.50. The molecule has 2 aromatic rings. The lowest BCUT2D eigenvalue weighted by Crippen LogP contribution is -2.46. The number of rotatable bonds is 6. The van der Waals surface area contributed by atoms with Crippen molar-refractivity contribution in [1.29, 1.82) is 0 Å². The summed E-state index contributed by atoms with van der Waals surface area (Å²) >= 11 is 0. The van der Waals surface area contributed by atoms with E-state index >= 15 is 0 Å². The van der Waals surface area contributed by atoms with Gasteiger partial charge in [-0.1, -0.05) is 19.9 Å². The molecule has 2 rings (SSSR count). The number of alkyl carbamates (subject to hydrolysis) is 1. The number of amides is 1. The second-order valence-electron chi connectivity index (χ2n) is 7.53. The van der Waals surface area contributed by atoms with Crippen LogP contribution in [0.1, 0.15) is 40.2 Å². The second kappa shape index (κ2) is 7.71. The van der Waals surface area contributed by atoms with E-state index in [0.717, 1.165) is 12.1 Å². The Hall–Kier alpha value is -2.01. The third-order valence-electron chi connectivity index (χ3n) is 3.82. The van der Waals surface area contributed by atoms with Crippen LogP contribution in [0.3, 0.4) is 0 Å². The summed E-state index contributed by atoms with van der Waals surface area (Å²) in [5.41, 5.74) is 1.89. The highest BCUT2D eigenvalue weighted by Gasteiger charge is 2.21. The van der Waals surface area contributed by atoms with Gasteiger partial charge in [-0.25, -0.2) is 4.79 Å². The first-order chi connectivity index (χ1) is 11.2. The number of carbonyl (C=O) groups is 1. The molecule has 0 saturated heterocycles. The van der Waals surface area contributed by atoms with E-state index in [9.17, 15) is 4.79 Å². The first kappa shape index (κ1) is 18.3. The Bertz CT molecular complexity index is 671. The molecule has 1 aromatic carbocycles. The molecule has 1 aromatic heterocycles. The van der Waals surface area contributed by atoms with Crippen molar-refractivity contribution in [1.82, 2.24) is 15.6 Å². The van der Waals surface area contributed by atoms with E-state index in [0.29, 0.717) is 12.5 Å². The van der Waals surface area contributed by atoms with Crippen molar-refractivity contribution in [2.45, 2.75) is 52.8 Å². The number of ether oxygens (including phenoxy) is 1. The van der Waals surface area contributed by atoms with E-state index in [-0.39, 0.29) is 12.1 Å². The van der Waals surface area contributed by atoms with Crippen LogP contribution in [0.2, 0.25) is 0 Å². The van der Waals surface area contributed by atoms with Crippen molar-refractivity contribution in [3.05, 3.63) is 36.0 Å². The average molecular weight is 331 g/mol. The van der Waals surface area contributed by atoms with Gasteiger partial charge < -0.3 is 20.4 Å². The molecule has 1 amide bonds. The number of hydrogen-bond donors (Lipinski definition) is 3. The van der Waals surface area contributed by atoms with Crippen LogP contribution in [-0.4, -0.2) is 29.3 Å². The molecule has 5 heteroatoms. The molecule has 1 heterocycles. The molecule has 3 N–H and O–H groups in total. The van der Waals surface area contributed by atoms with Gasteiger partial charge in [-0.15, -0.1) is 0 Å². The van der Waals surface area contributed by atoms with Gasteiger partial charge in [0.05, 0.1) is 0 Å². The van der Waals surface area contributed by atoms with E-state index in [4.69, 9.17) is 4.74 Å². The molecule has 1 unspecified atom stereocenters. The molecule has 0 aliphatic carbocycles. The van der Waals surface area contributed by atoms with E-state index < -0.39 is 5.60 Å². The lowest BCUT2D eigenvalue weighted by molar-refractivity contribution is 0.0490. The minimum absolute atomic E-state index is 0.0239. The van der Waals surface area contributed by atoms with Gasteiger partial charge in [0.15, 0.2) is 0 Å². The molecule has 0 aliphatic rings. The minimum Gasteiger partial charge on any atom is -0.444 e. The smallest absolute Gasteiger partial charge is 0.407 e. The van der Waals surface area contributed by atoms with Crippen LogP contribution in [0.5, 0.6) is 0 Å². The number of nitrogens with one attached hydrogen (secondary N) is 3. The Morgan fingerprint density at radius 3 is 2.67 bits per heavy atom. The summed E-state index contributed by atoms with van der Waals surface area (Å²) in [6.45, 7) is 11.2. The zero-order chi connectivity index (χ0) is 17.7. The lowest BCUT2D eigenvalue weighted by Gasteiger charge is -2.26. The van der Waals surface area contributed by atoms with Crippen LogP contribution in [0, 0.1) is 5.92 Å². The van der Waals surface area contributed by atoms with Crippen molar-refractivity contribution in [2.24, 2.45) is 5.92 Å². The van der Waals surface area contributed by atoms with Gasteiger partial charge in [-0.3, -0.25) is 0 Å². The first-order valence-corrected chi connectivity index (χ1v) is 8.51. The molecule has 0 bridgehead atoms. The summed E-state index contributed by atoms with van der Waals surface area (Å²) in [5.74, 6) is 0.317. The Kier molecular flexibility index (Phi) is 5.89. The molecule has 0 fully saturated rings. The molecule has 0 saturated carbocycles. The van der Waals surface area contributed by atoms with Gasteiger partial charge in [0.1, 0.15) is 5.60 Å². The molecular formula is C19H29N3O2. The maximum absolute atomic E-state index is 12.0. The van der Waals surface area contributed by atoms with Crippen LogP contribution in [0.25, 0.3) is 10.9 Å². The Morgan fingerprint density at radius 1 is 1.25 bits per heavy atom. The molecule has 5 nitrogen and oxygen atoms in total. The molecule has 0 spiro atoms. The zero-order valence-electron chi connectivity index (χ0n) is 15.3. The van der Waals surface area contributed by atoms with Crippen molar-refractivity contribution >= 4 is 17.0 Å². The Morgan fingerprint density at radius 2 is 2.00 bits per heavy atom. The maximum Gasteiger partial charge on any atom is 0.407 e. The summed E-state index contributed by atoms with van der Waals surface area (Å²) < 4.78 is 5.34. The van der Waals surface area contributed by atoms with Crippen LogP contribution in [0.15, 0.2) is 30.5 Å². The highest BCUT2D eigenvalue weighted by Crippen LogP contribution is 2.14.